The van der Waals surface area contributed by atoms with E-state index in [0.717, 1.165) is 33.4 Å². The molecule has 0 aliphatic carbocycles. The van der Waals surface area contributed by atoms with Crippen molar-refractivity contribution in [2.75, 3.05) is 0 Å². The largest absolute Gasteiger partial charge is 0.369 e. The summed E-state index contributed by atoms with van der Waals surface area (Å²) in [6, 6.07) is 42.1. The summed E-state index contributed by atoms with van der Waals surface area (Å²) in [6.07, 6.45) is 0. The lowest BCUT2D eigenvalue weighted by Gasteiger charge is -2.24. The molecule has 0 fully saturated rings. The van der Waals surface area contributed by atoms with Crippen LogP contribution in [0.1, 0.15) is 44.5 Å². The first-order valence-electron chi connectivity index (χ1n) is 13.2. The number of hydrogen-bond acceptors (Lipinski definition) is 2. The quantitative estimate of drug-likeness (QED) is 0.255. The molecule has 0 aliphatic heterocycles. The lowest BCUT2D eigenvalue weighted by atomic mass is 9.86. The Labute approximate surface area is 236 Å². The van der Waals surface area contributed by atoms with Gasteiger partial charge < -0.3 is 10.2 Å². The number of aliphatic hydroxyl groups is 2. The molecule has 5 aromatic carbocycles. The number of hydrogen-bond donors (Lipinski definition) is 2. The van der Waals surface area contributed by atoms with E-state index >= 15 is 0 Å². The third-order valence-electron chi connectivity index (χ3n) is 6.98. The molecular formula is C38H30O2. The summed E-state index contributed by atoms with van der Waals surface area (Å²) in [7, 11) is 0. The minimum absolute atomic E-state index is 0.713. The average molecular weight is 519 g/mol. The van der Waals surface area contributed by atoms with Crippen LogP contribution in [0.3, 0.4) is 0 Å². The molecular weight excluding hydrogens is 488 g/mol. The molecule has 5 aromatic rings. The maximum atomic E-state index is 11.7. The zero-order valence-corrected chi connectivity index (χ0v) is 22.6. The predicted molar refractivity (Wildman–Crippen MR) is 161 cm³/mol. The Morgan fingerprint density at radius 1 is 0.400 bits per heavy atom. The fourth-order valence-corrected chi connectivity index (χ4v) is 4.53. The highest BCUT2D eigenvalue weighted by molar-refractivity contribution is 5.51. The molecule has 0 aromatic heterocycles. The van der Waals surface area contributed by atoms with Gasteiger partial charge in [0.15, 0.2) is 11.2 Å². The minimum Gasteiger partial charge on any atom is -0.369 e. The Kier molecular flexibility index (Phi) is 7.68. The zero-order valence-electron chi connectivity index (χ0n) is 22.6. The van der Waals surface area contributed by atoms with Crippen LogP contribution < -0.4 is 0 Å². The van der Waals surface area contributed by atoms with Crippen molar-refractivity contribution in [1.82, 2.24) is 0 Å². The molecule has 0 amide bonds. The summed E-state index contributed by atoms with van der Waals surface area (Å²) in [5.41, 5.74) is 3.70. The fourth-order valence-electron chi connectivity index (χ4n) is 4.53. The molecule has 0 bridgehead atoms. The molecule has 0 heterocycles. The van der Waals surface area contributed by atoms with E-state index in [0.29, 0.717) is 11.1 Å². The SMILES string of the molecule is Cc1ccc(C(O)(C#Cc2ccc(C#CC(O)(c3ccccc3)c3ccc(C)cc3)cc2)c2ccccc2)cc1. The van der Waals surface area contributed by atoms with Gasteiger partial charge in [-0.15, -0.1) is 0 Å². The standard InChI is InChI=1S/C38H30O2/c1-29-13-21-35(22-14-29)37(39,33-9-5-3-6-10-33)27-25-31-17-19-32(20-18-31)26-28-38(40,34-11-7-4-8-12-34)36-23-15-30(2)16-24-36/h3-24,39-40H,1-2H3. The summed E-state index contributed by atoms with van der Waals surface area (Å²) in [6.45, 7) is 4.03. The van der Waals surface area contributed by atoms with Gasteiger partial charge in [-0.2, -0.15) is 0 Å². The maximum Gasteiger partial charge on any atom is 0.177 e. The van der Waals surface area contributed by atoms with Gasteiger partial charge in [-0.05, 0) is 38.1 Å². The second-order valence-corrected chi connectivity index (χ2v) is 9.96. The van der Waals surface area contributed by atoms with E-state index in [1.165, 1.54) is 0 Å². The van der Waals surface area contributed by atoms with Gasteiger partial charge in [0.2, 0.25) is 0 Å². The van der Waals surface area contributed by atoms with Crippen LogP contribution in [0.25, 0.3) is 0 Å². The first kappa shape index (κ1) is 26.7. The highest BCUT2D eigenvalue weighted by atomic mass is 16.3. The summed E-state index contributed by atoms with van der Waals surface area (Å²) in [4.78, 5) is 0. The molecule has 2 atom stereocenters. The van der Waals surface area contributed by atoms with Crippen molar-refractivity contribution in [3.63, 3.8) is 0 Å². The normalized spacial score (nSPS) is 13.5. The Hall–Kier alpha value is -4.86. The van der Waals surface area contributed by atoms with Crippen molar-refractivity contribution in [3.05, 3.63) is 178 Å². The van der Waals surface area contributed by atoms with Crippen LogP contribution in [-0.2, 0) is 11.2 Å². The van der Waals surface area contributed by atoms with Gasteiger partial charge in [0.1, 0.15) is 0 Å². The molecule has 2 unspecified atom stereocenters. The van der Waals surface area contributed by atoms with Crippen molar-refractivity contribution in [1.29, 1.82) is 0 Å². The summed E-state index contributed by atoms with van der Waals surface area (Å²) in [5.74, 6) is 12.5. The first-order valence-corrected chi connectivity index (χ1v) is 13.2. The Morgan fingerprint density at radius 2 is 0.700 bits per heavy atom. The van der Waals surface area contributed by atoms with Crippen molar-refractivity contribution in [2.24, 2.45) is 0 Å². The predicted octanol–water partition coefficient (Wildman–Crippen LogP) is 6.88. The van der Waals surface area contributed by atoms with Gasteiger partial charge in [-0.1, -0.05) is 144 Å². The Balaban J connectivity index is 1.47. The lowest BCUT2D eigenvalue weighted by Crippen LogP contribution is -2.25. The highest BCUT2D eigenvalue weighted by Crippen LogP contribution is 2.30. The van der Waals surface area contributed by atoms with E-state index in [1.807, 2.05) is 147 Å². The molecule has 0 spiro atoms. The van der Waals surface area contributed by atoms with Gasteiger partial charge in [0.25, 0.3) is 0 Å². The fraction of sp³-hybridized carbons (Fsp3) is 0.105. The van der Waals surface area contributed by atoms with Gasteiger partial charge in [-0.3, -0.25) is 0 Å². The van der Waals surface area contributed by atoms with E-state index in [9.17, 15) is 10.2 Å². The second kappa shape index (κ2) is 11.5. The Bertz CT molecular complexity index is 1570. The Morgan fingerprint density at radius 3 is 1.02 bits per heavy atom. The monoisotopic (exact) mass is 518 g/mol. The minimum atomic E-state index is -1.45. The molecule has 40 heavy (non-hydrogen) atoms. The molecule has 2 N–H and O–H groups in total. The van der Waals surface area contributed by atoms with Gasteiger partial charge in [-0.25, -0.2) is 0 Å². The highest BCUT2D eigenvalue weighted by Gasteiger charge is 2.30. The van der Waals surface area contributed by atoms with Crippen molar-refractivity contribution < 1.29 is 10.2 Å². The number of aryl methyl sites for hydroxylation is 2. The van der Waals surface area contributed by atoms with Crippen molar-refractivity contribution in [2.45, 2.75) is 25.0 Å². The number of rotatable bonds is 4. The topological polar surface area (TPSA) is 40.5 Å². The first-order chi connectivity index (χ1) is 19.4. The molecule has 0 saturated carbocycles. The van der Waals surface area contributed by atoms with Gasteiger partial charge in [0.05, 0.1) is 0 Å². The van der Waals surface area contributed by atoms with Crippen LogP contribution in [0.5, 0.6) is 0 Å². The third kappa shape index (κ3) is 5.75. The van der Waals surface area contributed by atoms with Crippen LogP contribution in [0.2, 0.25) is 0 Å². The van der Waals surface area contributed by atoms with Gasteiger partial charge >= 0.3 is 0 Å². The molecule has 0 saturated heterocycles. The lowest BCUT2D eigenvalue weighted by molar-refractivity contribution is 0.145. The van der Waals surface area contributed by atoms with E-state index in [2.05, 4.69) is 23.7 Å². The molecule has 5 rings (SSSR count). The molecule has 2 heteroatoms. The smallest absolute Gasteiger partial charge is 0.177 e. The average Bonchev–Trinajstić information content (AvgIpc) is 3.01. The summed E-state index contributed by atoms with van der Waals surface area (Å²) in [5, 5.41) is 23.5. The zero-order chi connectivity index (χ0) is 28.0. The van der Waals surface area contributed by atoms with E-state index in [-0.39, 0.29) is 0 Å². The molecule has 0 aliphatic rings. The van der Waals surface area contributed by atoms with E-state index in [4.69, 9.17) is 0 Å². The van der Waals surface area contributed by atoms with Crippen molar-refractivity contribution in [3.8, 4) is 23.7 Å². The summed E-state index contributed by atoms with van der Waals surface area (Å²) >= 11 is 0. The molecule has 194 valence electrons. The molecule has 2 nitrogen and oxygen atoms in total. The van der Waals surface area contributed by atoms with Gasteiger partial charge in [0, 0.05) is 33.4 Å². The van der Waals surface area contributed by atoms with Crippen LogP contribution in [0, 0.1) is 37.5 Å². The van der Waals surface area contributed by atoms with Crippen molar-refractivity contribution >= 4 is 0 Å². The second-order valence-electron chi connectivity index (χ2n) is 9.96. The van der Waals surface area contributed by atoms with E-state index < -0.39 is 11.2 Å². The third-order valence-corrected chi connectivity index (χ3v) is 6.98. The molecule has 0 radical (unpaired) electrons. The summed E-state index contributed by atoms with van der Waals surface area (Å²) < 4.78 is 0. The number of benzene rings is 5. The van der Waals surface area contributed by atoms with Crippen LogP contribution in [-0.4, -0.2) is 10.2 Å². The van der Waals surface area contributed by atoms with Crippen LogP contribution >= 0.6 is 0 Å². The van der Waals surface area contributed by atoms with Crippen LogP contribution in [0.15, 0.2) is 133 Å². The van der Waals surface area contributed by atoms with E-state index in [1.54, 1.807) is 0 Å². The maximum absolute atomic E-state index is 11.7. The van der Waals surface area contributed by atoms with Crippen LogP contribution in [0.4, 0.5) is 0 Å².